The monoisotopic (exact) mass is 223 g/mol. The zero-order valence-electron chi connectivity index (χ0n) is 9.39. The molecule has 1 aromatic rings. The lowest BCUT2D eigenvalue weighted by Gasteiger charge is -2.18. The van der Waals surface area contributed by atoms with Crippen molar-refractivity contribution in [2.24, 2.45) is 5.73 Å². The van der Waals surface area contributed by atoms with Crippen LogP contribution in [0.2, 0.25) is 0 Å². The highest BCUT2D eigenvalue weighted by molar-refractivity contribution is 5.74. The van der Waals surface area contributed by atoms with Gasteiger partial charge in [0.2, 0.25) is 5.91 Å². The Morgan fingerprint density at radius 2 is 2.06 bits per heavy atom. The van der Waals surface area contributed by atoms with Crippen molar-refractivity contribution < 1.29 is 14.3 Å². The predicted octanol–water partition coefficient (Wildman–Crippen LogP) is 1.69. The molecule has 16 heavy (non-hydrogen) atoms. The minimum absolute atomic E-state index is 0.114. The molecule has 2 N–H and O–H groups in total. The van der Waals surface area contributed by atoms with Crippen molar-refractivity contribution in [2.45, 2.75) is 26.1 Å². The van der Waals surface area contributed by atoms with Crippen LogP contribution in [0, 0.1) is 0 Å². The number of benzene rings is 1. The van der Waals surface area contributed by atoms with Crippen molar-refractivity contribution in [3.63, 3.8) is 0 Å². The Labute approximate surface area is 95.3 Å². The summed E-state index contributed by atoms with van der Waals surface area (Å²) in [6.45, 7) is 1.91. The van der Waals surface area contributed by atoms with Crippen LogP contribution < -0.4 is 10.5 Å². The lowest BCUT2D eigenvalue weighted by atomic mass is 10.3. The van der Waals surface area contributed by atoms with Gasteiger partial charge in [-0.3, -0.25) is 4.79 Å². The number of nitrogens with two attached hydrogens (primary N) is 1. The van der Waals surface area contributed by atoms with Crippen LogP contribution in [0.1, 0.15) is 19.8 Å². The molecule has 1 unspecified atom stereocenters. The standard InChI is InChI=1S/C12H17NO3/c1-2-6-12(15-9-11(13)14)16-10-7-4-3-5-8-10/h3-5,7-8,12H,2,6,9H2,1H3,(H2,13,14). The Morgan fingerprint density at radius 3 is 2.62 bits per heavy atom. The molecule has 0 saturated heterocycles. The third-order valence-electron chi connectivity index (χ3n) is 1.95. The molecule has 0 heterocycles. The summed E-state index contributed by atoms with van der Waals surface area (Å²) >= 11 is 0. The molecule has 0 bridgehead atoms. The smallest absolute Gasteiger partial charge is 0.243 e. The maximum Gasteiger partial charge on any atom is 0.243 e. The molecule has 88 valence electrons. The van der Waals surface area contributed by atoms with Gasteiger partial charge >= 0.3 is 0 Å². The van der Waals surface area contributed by atoms with Crippen molar-refractivity contribution in [3.8, 4) is 5.75 Å². The van der Waals surface area contributed by atoms with Crippen LogP contribution >= 0.6 is 0 Å². The number of rotatable bonds is 7. The van der Waals surface area contributed by atoms with Gasteiger partial charge in [0.05, 0.1) is 0 Å². The van der Waals surface area contributed by atoms with Gasteiger partial charge in [0, 0.05) is 6.42 Å². The number of hydrogen-bond donors (Lipinski definition) is 1. The van der Waals surface area contributed by atoms with Crippen LogP contribution in [0.3, 0.4) is 0 Å². The average molecular weight is 223 g/mol. The fraction of sp³-hybridized carbons (Fsp3) is 0.417. The minimum Gasteiger partial charge on any atom is -0.465 e. The van der Waals surface area contributed by atoms with E-state index in [0.717, 1.165) is 18.6 Å². The van der Waals surface area contributed by atoms with E-state index >= 15 is 0 Å². The fourth-order valence-electron chi connectivity index (χ4n) is 1.24. The minimum atomic E-state index is -0.488. The number of hydrogen-bond acceptors (Lipinski definition) is 3. The first-order valence-corrected chi connectivity index (χ1v) is 5.34. The van der Waals surface area contributed by atoms with Gasteiger partial charge in [-0.1, -0.05) is 31.5 Å². The summed E-state index contributed by atoms with van der Waals surface area (Å²) in [6.07, 6.45) is 1.22. The molecule has 0 spiro atoms. The molecular weight excluding hydrogens is 206 g/mol. The van der Waals surface area contributed by atoms with E-state index in [1.54, 1.807) is 0 Å². The van der Waals surface area contributed by atoms with E-state index in [1.807, 2.05) is 37.3 Å². The van der Waals surface area contributed by atoms with E-state index in [2.05, 4.69) is 0 Å². The third-order valence-corrected chi connectivity index (χ3v) is 1.95. The topological polar surface area (TPSA) is 61.5 Å². The molecule has 4 heteroatoms. The number of amides is 1. The number of ether oxygens (including phenoxy) is 2. The highest BCUT2D eigenvalue weighted by Gasteiger charge is 2.10. The van der Waals surface area contributed by atoms with E-state index < -0.39 is 12.2 Å². The maximum absolute atomic E-state index is 10.6. The summed E-state index contributed by atoms with van der Waals surface area (Å²) < 4.78 is 10.8. The molecular formula is C12H17NO3. The van der Waals surface area contributed by atoms with Crippen molar-refractivity contribution in [1.29, 1.82) is 0 Å². The van der Waals surface area contributed by atoms with Crippen LogP contribution in [-0.4, -0.2) is 18.8 Å². The fourth-order valence-corrected chi connectivity index (χ4v) is 1.24. The molecule has 0 aromatic heterocycles. The molecule has 1 amide bonds. The molecule has 1 atom stereocenters. The van der Waals surface area contributed by atoms with Crippen LogP contribution in [0.15, 0.2) is 30.3 Å². The number of carbonyl (C=O) groups excluding carboxylic acids is 1. The van der Waals surface area contributed by atoms with Gasteiger partial charge in [-0.25, -0.2) is 0 Å². The highest BCUT2D eigenvalue weighted by Crippen LogP contribution is 2.14. The quantitative estimate of drug-likeness (QED) is 0.715. The van der Waals surface area contributed by atoms with E-state index in [9.17, 15) is 4.79 Å². The molecule has 0 saturated carbocycles. The van der Waals surface area contributed by atoms with Crippen LogP contribution in [0.4, 0.5) is 0 Å². The van der Waals surface area contributed by atoms with Crippen LogP contribution in [0.25, 0.3) is 0 Å². The Kier molecular flexibility index (Phi) is 5.36. The second kappa shape index (κ2) is 6.85. The first kappa shape index (κ1) is 12.5. The summed E-state index contributed by atoms with van der Waals surface area (Å²) in [5, 5.41) is 0. The summed E-state index contributed by atoms with van der Waals surface area (Å²) in [5.41, 5.74) is 5.01. The van der Waals surface area contributed by atoms with Gasteiger partial charge in [0.1, 0.15) is 12.4 Å². The lowest BCUT2D eigenvalue weighted by Crippen LogP contribution is -2.27. The van der Waals surface area contributed by atoms with Crippen LogP contribution in [0.5, 0.6) is 5.75 Å². The Bertz CT molecular complexity index is 313. The van der Waals surface area contributed by atoms with Gasteiger partial charge in [-0.05, 0) is 12.1 Å². The van der Waals surface area contributed by atoms with E-state index in [1.165, 1.54) is 0 Å². The molecule has 0 aliphatic carbocycles. The number of carbonyl (C=O) groups is 1. The molecule has 0 aliphatic heterocycles. The van der Waals surface area contributed by atoms with E-state index in [0.29, 0.717) is 0 Å². The van der Waals surface area contributed by atoms with Crippen molar-refractivity contribution in [3.05, 3.63) is 30.3 Å². The van der Waals surface area contributed by atoms with Gasteiger partial charge in [-0.2, -0.15) is 0 Å². The molecule has 4 nitrogen and oxygen atoms in total. The largest absolute Gasteiger partial charge is 0.465 e. The summed E-state index contributed by atoms with van der Waals surface area (Å²) in [6, 6.07) is 9.36. The molecule has 0 radical (unpaired) electrons. The van der Waals surface area contributed by atoms with Crippen LogP contribution in [-0.2, 0) is 9.53 Å². The Balaban J connectivity index is 2.47. The van der Waals surface area contributed by atoms with Crippen molar-refractivity contribution in [2.75, 3.05) is 6.61 Å². The Hall–Kier alpha value is -1.55. The summed E-state index contributed by atoms with van der Waals surface area (Å²) in [5.74, 6) is 0.239. The average Bonchev–Trinajstić information content (AvgIpc) is 2.27. The maximum atomic E-state index is 10.6. The summed E-state index contributed by atoms with van der Waals surface area (Å²) in [4.78, 5) is 10.6. The van der Waals surface area contributed by atoms with Gasteiger partial charge in [0.15, 0.2) is 6.29 Å². The first-order valence-electron chi connectivity index (χ1n) is 5.34. The molecule has 0 aliphatic rings. The third kappa shape index (κ3) is 4.79. The zero-order chi connectivity index (χ0) is 11.8. The SMILES string of the molecule is CCCC(OCC(N)=O)Oc1ccccc1. The molecule has 0 fully saturated rings. The Morgan fingerprint density at radius 1 is 1.38 bits per heavy atom. The van der Waals surface area contributed by atoms with Gasteiger partial charge in [0.25, 0.3) is 0 Å². The second-order valence-corrected chi connectivity index (χ2v) is 3.43. The number of primary amides is 1. The van der Waals surface area contributed by atoms with E-state index in [-0.39, 0.29) is 6.61 Å². The lowest BCUT2D eigenvalue weighted by molar-refractivity contribution is -0.134. The highest BCUT2D eigenvalue weighted by atomic mass is 16.7. The zero-order valence-corrected chi connectivity index (χ0v) is 9.39. The predicted molar refractivity (Wildman–Crippen MR) is 60.9 cm³/mol. The normalized spacial score (nSPS) is 12.1. The molecule has 1 aromatic carbocycles. The van der Waals surface area contributed by atoms with Gasteiger partial charge < -0.3 is 15.2 Å². The first-order chi connectivity index (χ1) is 7.72. The van der Waals surface area contributed by atoms with E-state index in [4.69, 9.17) is 15.2 Å². The number of para-hydroxylation sites is 1. The van der Waals surface area contributed by atoms with Crippen molar-refractivity contribution in [1.82, 2.24) is 0 Å². The van der Waals surface area contributed by atoms with Gasteiger partial charge in [-0.15, -0.1) is 0 Å². The summed E-state index contributed by atoms with van der Waals surface area (Å²) in [7, 11) is 0. The second-order valence-electron chi connectivity index (χ2n) is 3.43. The van der Waals surface area contributed by atoms with Crippen molar-refractivity contribution >= 4 is 5.91 Å². The molecule has 1 rings (SSSR count).